The first-order chi connectivity index (χ1) is 5.86. The number of allylic oxidation sites excluding steroid dienone is 3. The van der Waals surface area contributed by atoms with Crippen molar-refractivity contribution in [1.29, 1.82) is 0 Å². The lowest BCUT2D eigenvalue weighted by molar-refractivity contribution is 1.27. The standard InChI is InChI=1S/C11H9Br/c12-11-7-3-6-9-4-1-2-5-10(9)8-11/h1-5,7-8H,6H2. The molecule has 0 saturated carbocycles. The number of benzene rings is 1. The van der Waals surface area contributed by atoms with Gasteiger partial charge in [0.25, 0.3) is 0 Å². The third kappa shape index (κ3) is 1.51. The van der Waals surface area contributed by atoms with Gasteiger partial charge in [-0.1, -0.05) is 52.3 Å². The molecule has 0 saturated heterocycles. The summed E-state index contributed by atoms with van der Waals surface area (Å²) in [6.45, 7) is 0. The zero-order valence-corrected chi connectivity index (χ0v) is 8.21. The first kappa shape index (κ1) is 7.81. The predicted molar refractivity (Wildman–Crippen MR) is 56.2 cm³/mol. The Morgan fingerprint density at radius 3 is 2.92 bits per heavy atom. The molecule has 1 aromatic rings. The summed E-state index contributed by atoms with van der Waals surface area (Å²) in [5, 5.41) is 0. The van der Waals surface area contributed by atoms with Crippen LogP contribution in [0.5, 0.6) is 0 Å². The van der Waals surface area contributed by atoms with Gasteiger partial charge in [0.2, 0.25) is 0 Å². The molecular weight excluding hydrogens is 212 g/mol. The average molecular weight is 221 g/mol. The highest BCUT2D eigenvalue weighted by Gasteiger charge is 2.00. The molecule has 0 heterocycles. The van der Waals surface area contributed by atoms with Crippen LogP contribution in [0.4, 0.5) is 0 Å². The summed E-state index contributed by atoms with van der Waals surface area (Å²) in [4.78, 5) is 0. The van der Waals surface area contributed by atoms with Gasteiger partial charge in [-0.3, -0.25) is 0 Å². The molecule has 12 heavy (non-hydrogen) atoms. The Bertz CT molecular complexity index is 348. The summed E-state index contributed by atoms with van der Waals surface area (Å²) < 4.78 is 1.15. The molecule has 0 atom stereocenters. The van der Waals surface area contributed by atoms with Gasteiger partial charge in [0, 0.05) is 4.48 Å². The van der Waals surface area contributed by atoms with E-state index in [9.17, 15) is 0 Å². The SMILES string of the molecule is BrC1=Cc2ccccc2CC=C1. The van der Waals surface area contributed by atoms with Crippen LogP contribution in [-0.4, -0.2) is 0 Å². The summed E-state index contributed by atoms with van der Waals surface area (Å²) in [6, 6.07) is 8.46. The summed E-state index contributed by atoms with van der Waals surface area (Å²) in [5.74, 6) is 0. The second kappa shape index (κ2) is 3.28. The molecule has 1 aliphatic carbocycles. The fourth-order valence-electron chi connectivity index (χ4n) is 1.36. The van der Waals surface area contributed by atoms with Crippen LogP contribution in [-0.2, 0) is 6.42 Å². The smallest absolute Gasteiger partial charge is 0.0178 e. The Kier molecular flexibility index (Phi) is 2.13. The molecular formula is C11H9Br. The maximum atomic E-state index is 3.48. The van der Waals surface area contributed by atoms with Crippen LogP contribution in [0.1, 0.15) is 11.1 Å². The van der Waals surface area contributed by atoms with Crippen molar-refractivity contribution in [1.82, 2.24) is 0 Å². The van der Waals surface area contributed by atoms with Crippen molar-refractivity contribution in [2.45, 2.75) is 6.42 Å². The van der Waals surface area contributed by atoms with Gasteiger partial charge in [-0.15, -0.1) is 0 Å². The predicted octanol–water partition coefficient (Wildman–Crippen LogP) is 3.53. The Balaban J connectivity index is 2.54. The highest BCUT2D eigenvalue weighted by Crippen LogP contribution is 2.21. The number of hydrogen-bond donors (Lipinski definition) is 0. The van der Waals surface area contributed by atoms with E-state index in [2.05, 4.69) is 58.4 Å². The molecule has 60 valence electrons. The van der Waals surface area contributed by atoms with Gasteiger partial charge in [0.15, 0.2) is 0 Å². The molecule has 0 amide bonds. The fourth-order valence-corrected chi connectivity index (χ4v) is 1.79. The molecule has 1 aromatic carbocycles. The van der Waals surface area contributed by atoms with Gasteiger partial charge in [0.05, 0.1) is 0 Å². The monoisotopic (exact) mass is 220 g/mol. The quantitative estimate of drug-likeness (QED) is 0.628. The van der Waals surface area contributed by atoms with Crippen molar-refractivity contribution < 1.29 is 0 Å². The van der Waals surface area contributed by atoms with Gasteiger partial charge in [0.1, 0.15) is 0 Å². The van der Waals surface area contributed by atoms with E-state index < -0.39 is 0 Å². The van der Waals surface area contributed by atoms with E-state index in [1.807, 2.05) is 0 Å². The molecule has 1 aliphatic rings. The minimum Gasteiger partial charge on any atom is -0.0790 e. The van der Waals surface area contributed by atoms with Crippen LogP contribution >= 0.6 is 15.9 Å². The van der Waals surface area contributed by atoms with Crippen LogP contribution < -0.4 is 0 Å². The first-order valence-electron chi connectivity index (χ1n) is 3.98. The van der Waals surface area contributed by atoms with Gasteiger partial charge in [-0.2, -0.15) is 0 Å². The number of hydrogen-bond acceptors (Lipinski definition) is 0. The average Bonchev–Trinajstić information content (AvgIpc) is 2.25. The fraction of sp³-hybridized carbons (Fsp3) is 0.0909. The van der Waals surface area contributed by atoms with Crippen LogP contribution in [0.2, 0.25) is 0 Å². The second-order valence-corrected chi connectivity index (χ2v) is 3.75. The molecule has 0 fully saturated rings. The molecule has 0 bridgehead atoms. The highest BCUT2D eigenvalue weighted by atomic mass is 79.9. The first-order valence-corrected chi connectivity index (χ1v) is 4.77. The minimum atomic E-state index is 1.03. The number of halogens is 1. The molecule has 2 rings (SSSR count). The third-order valence-electron chi connectivity index (χ3n) is 1.96. The normalized spacial score (nSPS) is 14.9. The van der Waals surface area contributed by atoms with Gasteiger partial charge >= 0.3 is 0 Å². The Hall–Kier alpha value is -0.820. The van der Waals surface area contributed by atoms with E-state index in [0.29, 0.717) is 0 Å². The van der Waals surface area contributed by atoms with E-state index in [1.54, 1.807) is 0 Å². The van der Waals surface area contributed by atoms with Gasteiger partial charge in [-0.05, 0) is 23.6 Å². The molecule has 0 spiro atoms. The molecule has 0 aromatic heterocycles. The van der Waals surface area contributed by atoms with Crippen molar-refractivity contribution in [2.24, 2.45) is 0 Å². The van der Waals surface area contributed by atoms with E-state index in [4.69, 9.17) is 0 Å². The lowest BCUT2D eigenvalue weighted by atomic mass is 10.1. The third-order valence-corrected chi connectivity index (χ3v) is 2.46. The molecule has 1 heteroatoms. The number of fused-ring (bicyclic) bond motifs is 1. The van der Waals surface area contributed by atoms with Crippen LogP contribution in [0.15, 0.2) is 40.9 Å². The van der Waals surface area contributed by atoms with Crippen LogP contribution in [0.3, 0.4) is 0 Å². The van der Waals surface area contributed by atoms with E-state index in [-0.39, 0.29) is 0 Å². The molecule has 0 N–H and O–H groups in total. The Morgan fingerprint density at radius 1 is 1.17 bits per heavy atom. The number of rotatable bonds is 0. The lowest BCUT2D eigenvalue weighted by Gasteiger charge is -1.99. The van der Waals surface area contributed by atoms with Crippen molar-refractivity contribution in [3.8, 4) is 0 Å². The zero-order valence-electron chi connectivity index (χ0n) is 6.63. The second-order valence-electron chi connectivity index (χ2n) is 2.83. The van der Waals surface area contributed by atoms with Crippen LogP contribution in [0, 0.1) is 0 Å². The largest absolute Gasteiger partial charge is 0.0790 e. The Morgan fingerprint density at radius 2 is 2.00 bits per heavy atom. The van der Waals surface area contributed by atoms with E-state index in [0.717, 1.165) is 10.9 Å². The lowest BCUT2D eigenvalue weighted by Crippen LogP contribution is -1.83. The topological polar surface area (TPSA) is 0 Å². The summed E-state index contributed by atoms with van der Waals surface area (Å²) in [7, 11) is 0. The molecule has 0 radical (unpaired) electrons. The molecule has 0 aliphatic heterocycles. The maximum Gasteiger partial charge on any atom is 0.0178 e. The summed E-state index contributed by atoms with van der Waals surface area (Å²) in [6.07, 6.45) is 7.45. The summed E-state index contributed by atoms with van der Waals surface area (Å²) in [5.41, 5.74) is 2.71. The van der Waals surface area contributed by atoms with Crippen molar-refractivity contribution >= 4 is 22.0 Å². The van der Waals surface area contributed by atoms with Gasteiger partial charge < -0.3 is 0 Å². The van der Waals surface area contributed by atoms with Crippen molar-refractivity contribution in [3.63, 3.8) is 0 Å². The Labute approximate surface area is 80.7 Å². The molecule has 0 unspecified atom stereocenters. The minimum absolute atomic E-state index is 1.03. The summed E-state index contributed by atoms with van der Waals surface area (Å²) >= 11 is 3.48. The zero-order chi connectivity index (χ0) is 8.39. The highest BCUT2D eigenvalue weighted by molar-refractivity contribution is 9.12. The maximum absolute atomic E-state index is 3.48. The van der Waals surface area contributed by atoms with E-state index >= 15 is 0 Å². The van der Waals surface area contributed by atoms with Crippen LogP contribution in [0.25, 0.3) is 6.08 Å². The molecule has 0 nitrogen and oxygen atoms in total. The van der Waals surface area contributed by atoms with Crippen molar-refractivity contribution in [2.75, 3.05) is 0 Å². The van der Waals surface area contributed by atoms with Crippen molar-refractivity contribution in [3.05, 3.63) is 52.0 Å². The van der Waals surface area contributed by atoms with E-state index in [1.165, 1.54) is 11.1 Å². The van der Waals surface area contributed by atoms with Gasteiger partial charge in [-0.25, -0.2) is 0 Å².